The number of hydrogen-bond acceptors (Lipinski definition) is 4. The number of carboxylic acid groups (broad SMARTS) is 1. The summed E-state index contributed by atoms with van der Waals surface area (Å²) in [5.41, 5.74) is 2.50. The first-order chi connectivity index (χ1) is 11.0. The van der Waals surface area contributed by atoms with Gasteiger partial charge < -0.3 is 10.2 Å². The second-order valence-corrected chi connectivity index (χ2v) is 7.33. The minimum absolute atomic E-state index is 0.0324. The molecule has 2 aromatic rings. The van der Waals surface area contributed by atoms with Crippen LogP contribution in [0.4, 0.5) is 5.69 Å². The molecule has 0 atom stereocenters. The molecular weight excluding hydrogens is 330 g/mol. The van der Waals surface area contributed by atoms with Crippen molar-refractivity contribution in [1.29, 1.82) is 0 Å². The molecule has 0 aliphatic carbocycles. The van der Waals surface area contributed by atoms with Crippen LogP contribution in [-0.2, 0) is 10.0 Å². The highest BCUT2D eigenvalue weighted by molar-refractivity contribution is 7.92. The highest BCUT2D eigenvalue weighted by Crippen LogP contribution is 2.28. The molecule has 0 spiro atoms. The summed E-state index contributed by atoms with van der Waals surface area (Å²) in [4.78, 5) is 11.2. The second-order valence-electron chi connectivity index (χ2n) is 5.71. The van der Waals surface area contributed by atoms with Crippen LogP contribution in [0.3, 0.4) is 0 Å². The number of carbonyl (C=O) groups is 1. The molecule has 0 bridgehead atoms. The summed E-state index contributed by atoms with van der Waals surface area (Å²) >= 11 is 0. The molecule has 0 aromatic heterocycles. The average molecular weight is 348 g/mol. The van der Waals surface area contributed by atoms with Gasteiger partial charge in [-0.1, -0.05) is 17.9 Å². The molecule has 2 aromatic carbocycles. The fourth-order valence-electron chi connectivity index (χ4n) is 2.55. The Bertz CT molecular complexity index is 906. The van der Waals surface area contributed by atoms with Crippen molar-refractivity contribution < 1.29 is 23.4 Å². The summed E-state index contributed by atoms with van der Waals surface area (Å²) in [5, 5.41) is 20.5. The van der Waals surface area contributed by atoms with Crippen molar-refractivity contribution in [2.75, 3.05) is 4.72 Å². The van der Waals surface area contributed by atoms with E-state index in [0.29, 0.717) is 11.1 Å². The minimum Gasteiger partial charge on any atom is -0.872 e. The van der Waals surface area contributed by atoms with E-state index in [2.05, 4.69) is 4.72 Å². The van der Waals surface area contributed by atoms with Crippen LogP contribution in [0.5, 0.6) is 5.75 Å². The van der Waals surface area contributed by atoms with Crippen LogP contribution >= 0.6 is 0 Å². The van der Waals surface area contributed by atoms with Gasteiger partial charge in [0.2, 0.25) is 0 Å². The van der Waals surface area contributed by atoms with Gasteiger partial charge in [0, 0.05) is 5.69 Å². The van der Waals surface area contributed by atoms with E-state index >= 15 is 0 Å². The lowest BCUT2D eigenvalue weighted by atomic mass is 10.0. The van der Waals surface area contributed by atoms with Crippen LogP contribution in [0.2, 0.25) is 0 Å². The van der Waals surface area contributed by atoms with Gasteiger partial charge in [-0.25, -0.2) is 13.2 Å². The van der Waals surface area contributed by atoms with Gasteiger partial charge in [-0.3, -0.25) is 4.72 Å². The Morgan fingerprint density at radius 3 is 2.08 bits per heavy atom. The van der Waals surface area contributed by atoms with Crippen molar-refractivity contribution in [2.45, 2.75) is 32.6 Å². The summed E-state index contributed by atoms with van der Waals surface area (Å²) in [6, 6.07) is 5.22. The first kappa shape index (κ1) is 17.8. The van der Waals surface area contributed by atoms with E-state index in [0.717, 1.165) is 23.3 Å². The Kier molecular flexibility index (Phi) is 4.57. The number of carboxylic acids is 1. The number of aromatic carboxylic acids is 1. The SMILES string of the molecule is Cc1cc(C)c(C)c(S(=O)(=O)Nc2ccc([O-])c(C(=O)O)c2)c1C. The zero-order valence-electron chi connectivity index (χ0n) is 13.8. The third-order valence-electron chi connectivity index (χ3n) is 4.03. The molecule has 0 unspecified atom stereocenters. The van der Waals surface area contributed by atoms with E-state index in [-0.39, 0.29) is 10.6 Å². The van der Waals surface area contributed by atoms with E-state index in [1.807, 2.05) is 19.9 Å². The van der Waals surface area contributed by atoms with Gasteiger partial charge in [0.05, 0.1) is 10.5 Å². The number of sulfonamides is 1. The molecule has 7 heteroatoms. The smallest absolute Gasteiger partial charge is 0.335 e. The quantitative estimate of drug-likeness (QED) is 0.883. The standard InChI is InChI=1S/C17H19NO5S/c1-9-7-10(2)12(4)16(11(9)3)24(22,23)18-13-5-6-15(19)14(8-13)17(20)21/h5-8,18-19H,1-4H3,(H,20,21)/p-1. The third-order valence-corrected chi connectivity index (χ3v) is 5.68. The van der Waals surface area contributed by atoms with E-state index in [1.165, 1.54) is 6.07 Å². The van der Waals surface area contributed by atoms with Crippen molar-refractivity contribution in [3.05, 3.63) is 52.1 Å². The molecule has 0 aliphatic heterocycles. The zero-order chi connectivity index (χ0) is 18.2. The molecule has 0 aliphatic rings. The highest BCUT2D eigenvalue weighted by atomic mass is 32.2. The molecule has 2 N–H and O–H groups in total. The fourth-order valence-corrected chi connectivity index (χ4v) is 4.22. The van der Waals surface area contributed by atoms with E-state index in [9.17, 15) is 18.3 Å². The summed E-state index contributed by atoms with van der Waals surface area (Å²) in [6.45, 7) is 7.10. The van der Waals surface area contributed by atoms with Crippen LogP contribution in [0.15, 0.2) is 29.2 Å². The number of anilines is 1. The van der Waals surface area contributed by atoms with Gasteiger partial charge in [0.15, 0.2) is 0 Å². The number of hydrogen-bond donors (Lipinski definition) is 2. The Morgan fingerprint density at radius 2 is 1.58 bits per heavy atom. The average Bonchev–Trinajstić information content (AvgIpc) is 2.46. The van der Waals surface area contributed by atoms with Crippen molar-refractivity contribution in [3.63, 3.8) is 0 Å². The molecule has 0 fully saturated rings. The van der Waals surface area contributed by atoms with Crippen molar-refractivity contribution in [1.82, 2.24) is 0 Å². The van der Waals surface area contributed by atoms with E-state index in [4.69, 9.17) is 5.11 Å². The summed E-state index contributed by atoms with van der Waals surface area (Å²) < 4.78 is 27.9. The largest absolute Gasteiger partial charge is 0.872 e. The maximum Gasteiger partial charge on any atom is 0.335 e. The molecule has 0 saturated carbocycles. The van der Waals surface area contributed by atoms with E-state index < -0.39 is 27.3 Å². The van der Waals surface area contributed by atoms with E-state index in [1.54, 1.807) is 13.8 Å². The van der Waals surface area contributed by atoms with Crippen molar-refractivity contribution in [3.8, 4) is 5.75 Å². The number of benzene rings is 2. The second kappa shape index (κ2) is 6.16. The number of rotatable bonds is 4. The Morgan fingerprint density at radius 1 is 1.04 bits per heavy atom. The summed E-state index contributed by atoms with van der Waals surface area (Å²) in [5.74, 6) is -2.08. The summed E-state index contributed by atoms with van der Waals surface area (Å²) in [6.07, 6.45) is 0. The maximum atomic E-state index is 12.8. The molecular formula is C17H18NO5S-. The molecule has 6 nitrogen and oxygen atoms in total. The Balaban J connectivity index is 2.55. The lowest BCUT2D eigenvalue weighted by Crippen LogP contribution is -2.17. The van der Waals surface area contributed by atoms with Crippen LogP contribution < -0.4 is 9.83 Å². The number of aryl methyl sites for hydroxylation is 2. The fraction of sp³-hybridized carbons (Fsp3) is 0.235. The van der Waals surface area contributed by atoms with Crippen LogP contribution in [-0.4, -0.2) is 19.5 Å². The molecule has 0 amide bonds. The molecule has 128 valence electrons. The van der Waals surface area contributed by atoms with Gasteiger partial charge in [0.1, 0.15) is 0 Å². The van der Waals surface area contributed by atoms with Gasteiger partial charge in [-0.05, 0) is 62.1 Å². The topological polar surface area (TPSA) is 107 Å². The van der Waals surface area contributed by atoms with Crippen LogP contribution in [0, 0.1) is 27.7 Å². The third kappa shape index (κ3) is 3.21. The van der Waals surface area contributed by atoms with Gasteiger partial charge in [-0.2, -0.15) is 0 Å². The Hall–Kier alpha value is -2.54. The van der Waals surface area contributed by atoms with Gasteiger partial charge >= 0.3 is 5.97 Å². The highest BCUT2D eigenvalue weighted by Gasteiger charge is 2.22. The minimum atomic E-state index is -3.92. The van der Waals surface area contributed by atoms with Crippen LogP contribution in [0.25, 0.3) is 0 Å². The Labute approximate surface area is 140 Å². The molecule has 24 heavy (non-hydrogen) atoms. The lowest BCUT2D eigenvalue weighted by Gasteiger charge is -2.18. The normalized spacial score (nSPS) is 11.3. The van der Waals surface area contributed by atoms with Crippen molar-refractivity contribution in [2.24, 2.45) is 0 Å². The lowest BCUT2D eigenvalue weighted by molar-refractivity contribution is -0.268. The zero-order valence-corrected chi connectivity index (χ0v) is 14.6. The number of nitrogens with one attached hydrogen (secondary N) is 1. The van der Waals surface area contributed by atoms with Crippen molar-refractivity contribution >= 4 is 21.7 Å². The molecule has 0 heterocycles. The van der Waals surface area contributed by atoms with Crippen LogP contribution in [0.1, 0.15) is 32.6 Å². The molecule has 0 radical (unpaired) electrons. The monoisotopic (exact) mass is 348 g/mol. The summed E-state index contributed by atoms with van der Waals surface area (Å²) in [7, 11) is -3.92. The molecule has 2 rings (SSSR count). The predicted octanol–water partition coefficient (Wildman–Crippen LogP) is 2.49. The first-order valence-corrected chi connectivity index (χ1v) is 8.67. The van der Waals surface area contributed by atoms with Gasteiger partial charge in [-0.15, -0.1) is 0 Å². The van der Waals surface area contributed by atoms with Gasteiger partial charge in [0.25, 0.3) is 10.0 Å². The predicted molar refractivity (Wildman–Crippen MR) is 89.0 cm³/mol. The first-order valence-electron chi connectivity index (χ1n) is 7.19. The molecule has 0 saturated heterocycles. The maximum absolute atomic E-state index is 12.8.